The highest BCUT2D eigenvalue weighted by Crippen LogP contribution is 2.30. The standard InChI is InChI=1S/C29H27N9O2/c1-4-5-27(39)37-13-12-36(16-20(37)3)25-9-7-23-28(35-25)29(32-17-30-23)34-21-6-8-24(19(2)14-21)40-22-10-11-38-26(15-22)31-18-33-38/h6-11,14-15,17-18,20H,12-13,16H2,1-3H3,(H,30,32,34)/t20-/m0/s1. The second-order valence-electron chi connectivity index (χ2n) is 9.56. The van der Waals surface area contributed by atoms with Crippen molar-refractivity contribution in [1.29, 1.82) is 0 Å². The van der Waals surface area contributed by atoms with Crippen LogP contribution in [0.15, 0.2) is 61.3 Å². The summed E-state index contributed by atoms with van der Waals surface area (Å²) in [4.78, 5) is 34.3. The van der Waals surface area contributed by atoms with Gasteiger partial charge in [-0.3, -0.25) is 4.79 Å². The molecule has 0 unspecified atom stereocenters. The van der Waals surface area contributed by atoms with Crippen molar-refractivity contribution in [1.82, 2.24) is 34.4 Å². The lowest BCUT2D eigenvalue weighted by Crippen LogP contribution is -2.54. The topological polar surface area (TPSA) is 114 Å². The van der Waals surface area contributed by atoms with E-state index in [0.717, 1.165) is 28.3 Å². The molecule has 0 radical (unpaired) electrons. The van der Waals surface area contributed by atoms with Gasteiger partial charge >= 0.3 is 0 Å². The average molecular weight is 534 g/mol. The summed E-state index contributed by atoms with van der Waals surface area (Å²) in [6, 6.07) is 13.5. The predicted molar refractivity (Wildman–Crippen MR) is 152 cm³/mol. The monoisotopic (exact) mass is 533 g/mol. The number of aromatic nitrogens is 6. The van der Waals surface area contributed by atoms with Gasteiger partial charge in [0.15, 0.2) is 11.5 Å². The van der Waals surface area contributed by atoms with E-state index in [1.807, 2.05) is 67.4 Å². The molecule has 5 aromatic rings. The largest absolute Gasteiger partial charge is 0.457 e. The number of piperazine rings is 1. The van der Waals surface area contributed by atoms with Gasteiger partial charge in [0, 0.05) is 43.6 Å². The number of amides is 1. The van der Waals surface area contributed by atoms with Crippen LogP contribution >= 0.6 is 0 Å². The van der Waals surface area contributed by atoms with E-state index in [1.165, 1.54) is 12.7 Å². The van der Waals surface area contributed by atoms with Gasteiger partial charge in [0.2, 0.25) is 0 Å². The number of anilines is 3. The summed E-state index contributed by atoms with van der Waals surface area (Å²) in [5.74, 6) is 8.05. The molecule has 0 aliphatic carbocycles. The number of carbonyl (C=O) groups excluding carboxylic acids is 1. The lowest BCUT2D eigenvalue weighted by atomic mass is 10.2. The number of hydrogen-bond acceptors (Lipinski definition) is 9. The summed E-state index contributed by atoms with van der Waals surface area (Å²) in [5, 5.41) is 7.51. The van der Waals surface area contributed by atoms with Crippen molar-refractivity contribution in [2.75, 3.05) is 29.9 Å². The Kier molecular flexibility index (Phi) is 6.57. The molecule has 200 valence electrons. The van der Waals surface area contributed by atoms with Crippen LogP contribution in [0.3, 0.4) is 0 Å². The second-order valence-corrected chi connectivity index (χ2v) is 9.56. The van der Waals surface area contributed by atoms with E-state index in [1.54, 1.807) is 11.4 Å². The number of hydrogen-bond donors (Lipinski definition) is 1. The highest BCUT2D eigenvalue weighted by molar-refractivity contribution is 5.94. The Labute approximate surface area is 230 Å². The first kappa shape index (κ1) is 25.1. The minimum absolute atomic E-state index is 0.0196. The molecule has 0 bridgehead atoms. The summed E-state index contributed by atoms with van der Waals surface area (Å²) in [6.45, 7) is 7.61. The third-order valence-corrected chi connectivity index (χ3v) is 6.83. The van der Waals surface area contributed by atoms with Gasteiger partial charge in [0.1, 0.15) is 35.5 Å². The van der Waals surface area contributed by atoms with Crippen molar-refractivity contribution in [3.8, 4) is 23.3 Å². The van der Waals surface area contributed by atoms with Crippen LogP contribution in [0.4, 0.5) is 17.3 Å². The van der Waals surface area contributed by atoms with E-state index >= 15 is 0 Å². The van der Waals surface area contributed by atoms with Crippen LogP contribution in [0.5, 0.6) is 11.5 Å². The van der Waals surface area contributed by atoms with Crippen LogP contribution in [0.25, 0.3) is 16.7 Å². The number of ether oxygens (including phenoxy) is 1. The first-order valence-electron chi connectivity index (χ1n) is 12.9. The Morgan fingerprint density at radius 3 is 2.80 bits per heavy atom. The Bertz CT molecular complexity index is 1790. The van der Waals surface area contributed by atoms with Gasteiger partial charge in [0.25, 0.3) is 5.91 Å². The molecule has 1 atom stereocenters. The number of aryl methyl sites for hydroxylation is 1. The van der Waals surface area contributed by atoms with Crippen molar-refractivity contribution in [2.24, 2.45) is 0 Å². The first-order chi connectivity index (χ1) is 19.5. The lowest BCUT2D eigenvalue weighted by Gasteiger charge is -2.39. The Hall–Kier alpha value is -5.24. The SMILES string of the molecule is CC#CC(=O)N1CCN(c2ccc3ncnc(Nc4ccc(Oc5ccn6ncnc6c5)c(C)c4)c3n2)C[C@@H]1C. The number of pyridine rings is 2. The number of nitrogens with one attached hydrogen (secondary N) is 1. The molecular weight excluding hydrogens is 506 g/mol. The normalized spacial score (nSPS) is 15.1. The Balaban J connectivity index is 1.21. The molecule has 1 saturated heterocycles. The van der Waals surface area contributed by atoms with E-state index in [2.05, 4.69) is 42.1 Å². The summed E-state index contributed by atoms with van der Waals surface area (Å²) in [7, 11) is 0. The van der Waals surface area contributed by atoms with E-state index in [-0.39, 0.29) is 11.9 Å². The molecule has 5 heterocycles. The first-order valence-corrected chi connectivity index (χ1v) is 12.9. The summed E-state index contributed by atoms with van der Waals surface area (Å²) in [5.41, 5.74) is 3.92. The maximum absolute atomic E-state index is 12.3. The number of benzene rings is 1. The van der Waals surface area contributed by atoms with E-state index in [9.17, 15) is 4.79 Å². The number of rotatable bonds is 5. The Morgan fingerprint density at radius 1 is 1.07 bits per heavy atom. The van der Waals surface area contributed by atoms with Gasteiger partial charge in [-0.15, -0.1) is 0 Å². The zero-order valence-corrected chi connectivity index (χ0v) is 22.4. The zero-order chi connectivity index (χ0) is 27.6. The fraction of sp³-hybridized carbons (Fsp3) is 0.241. The van der Waals surface area contributed by atoms with E-state index < -0.39 is 0 Å². The van der Waals surface area contributed by atoms with Crippen LogP contribution in [-0.2, 0) is 4.79 Å². The van der Waals surface area contributed by atoms with Crippen molar-refractivity contribution in [2.45, 2.75) is 26.8 Å². The minimum Gasteiger partial charge on any atom is -0.457 e. The molecule has 0 saturated carbocycles. The fourth-order valence-electron chi connectivity index (χ4n) is 4.81. The molecule has 1 aromatic carbocycles. The smallest absolute Gasteiger partial charge is 0.298 e. The Morgan fingerprint density at radius 2 is 1.98 bits per heavy atom. The number of carbonyl (C=O) groups is 1. The summed E-state index contributed by atoms with van der Waals surface area (Å²) < 4.78 is 7.79. The van der Waals surface area contributed by atoms with Gasteiger partial charge in [-0.1, -0.05) is 5.92 Å². The highest BCUT2D eigenvalue weighted by Gasteiger charge is 2.27. The van der Waals surface area contributed by atoms with Crippen molar-refractivity contribution >= 4 is 39.9 Å². The van der Waals surface area contributed by atoms with Crippen LogP contribution in [0.1, 0.15) is 19.4 Å². The van der Waals surface area contributed by atoms with Gasteiger partial charge in [-0.2, -0.15) is 5.10 Å². The maximum Gasteiger partial charge on any atom is 0.298 e. The predicted octanol–water partition coefficient (Wildman–Crippen LogP) is 3.97. The lowest BCUT2D eigenvalue weighted by molar-refractivity contribution is -0.127. The van der Waals surface area contributed by atoms with Crippen LogP contribution in [0, 0.1) is 18.8 Å². The molecule has 4 aromatic heterocycles. The molecule has 1 fully saturated rings. The maximum atomic E-state index is 12.3. The second kappa shape index (κ2) is 10.5. The van der Waals surface area contributed by atoms with Gasteiger partial charge in [-0.05, 0) is 68.7 Å². The molecular formula is C29H27N9O2. The third kappa shape index (κ3) is 4.94. The molecule has 6 rings (SSSR count). The van der Waals surface area contributed by atoms with Crippen LogP contribution in [0.2, 0.25) is 0 Å². The summed E-state index contributed by atoms with van der Waals surface area (Å²) >= 11 is 0. The molecule has 40 heavy (non-hydrogen) atoms. The molecule has 11 nitrogen and oxygen atoms in total. The quantitative estimate of drug-likeness (QED) is 0.335. The van der Waals surface area contributed by atoms with Gasteiger partial charge in [-0.25, -0.2) is 24.5 Å². The zero-order valence-electron chi connectivity index (χ0n) is 22.4. The van der Waals surface area contributed by atoms with E-state index in [0.29, 0.717) is 42.4 Å². The minimum atomic E-state index is -0.135. The molecule has 1 N–H and O–H groups in total. The van der Waals surface area contributed by atoms with Crippen molar-refractivity contribution in [3.63, 3.8) is 0 Å². The fourth-order valence-corrected chi connectivity index (χ4v) is 4.81. The van der Waals surface area contributed by atoms with Crippen LogP contribution in [-0.4, -0.2) is 66.0 Å². The molecule has 1 amide bonds. The molecule has 0 spiro atoms. The third-order valence-electron chi connectivity index (χ3n) is 6.83. The van der Waals surface area contributed by atoms with Crippen molar-refractivity contribution < 1.29 is 9.53 Å². The molecule has 1 aliphatic heterocycles. The molecule has 1 aliphatic rings. The molecule has 11 heteroatoms. The average Bonchev–Trinajstić information content (AvgIpc) is 3.42. The van der Waals surface area contributed by atoms with Gasteiger partial charge < -0.3 is 19.9 Å². The van der Waals surface area contributed by atoms with E-state index in [4.69, 9.17) is 9.72 Å². The highest BCUT2D eigenvalue weighted by atomic mass is 16.5. The van der Waals surface area contributed by atoms with Crippen LogP contribution < -0.4 is 15.0 Å². The number of nitrogens with zero attached hydrogens (tertiary/aromatic N) is 8. The van der Waals surface area contributed by atoms with Gasteiger partial charge in [0.05, 0.1) is 5.52 Å². The van der Waals surface area contributed by atoms with Crippen molar-refractivity contribution in [3.05, 3.63) is 66.9 Å². The number of fused-ring (bicyclic) bond motifs is 2. The summed E-state index contributed by atoms with van der Waals surface area (Å²) in [6.07, 6.45) is 4.84.